The van der Waals surface area contributed by atoms with Crippen LogP contribution in [-0.4, -0.2) is 11.0 Å². The number of carbonyl (C=O) groups excluding carboxylic acids is 1. The van der Waals surface area contributed by atoms with Gasteiger partial charge in [-0.25, -0.2) is 0 Å². The van der Waals surface area contributed by atoms with E-state index >= 15 is 0 Å². The summed E-state index contributed by atoms with van der Waals surface area (Å²) in [6, 6.07) is 9.51. The van der Waals surface area contributed by atoms with Crippen molar-refractivity contribution in [3.05, 3.63) is 62.1 Å². The Morgan fingerprint density at radius 1 is 0.955 bits per heavy atom. The van der Waals surface area contributed by atoms with Gasteiger partial charge in [-0.2, -0.15) is 0 Å². The molecule has 0 aliphatic heterocycles. The largest absolute Gasteiger partial charge is 0.330 e. The molecule has 0 aliphatic carbocycles. The number of thiocarbonyl (C=S) groups is 1. The SMILES string of the molecule is O=C(NC(=S)Nc1c(Cl)cc(Cl)cc1Cl)c1cccc(Cl)c1. The predicted octanol–water partition coefficient (Wildman–Crippen LogP) is 5.43. The van der Waals surface area contributed by atoms with Crippen molar-refractivity contribution < 1.29 is 4.79 Å². The molecule has 0 aromatic heterocycles. The summed E-state index contributed by atoms with van der Waals surface area (Å²) in [7, 11) is 0. The van der Waals surface area contributed by atoms with E-state index < -0.39 is 5.91 Å². The van der Waals surface area contributed by atoms with E-state index in [0.29, 0.717) is 21.3 Å². The molecule has 2 N–H and O–H groups in total. The third kappa shape index (κ3) is 4.48. The van der Waals surface area contributed by atoms with Gasteiger partial charge in [0.05, 0.1) is 15.7 Å². The van der Waals surface area contributed by atoms with Gasteiger partial charge in [0.2, 0.25) is 0 Å². The molecule has 1 amide bonds. The van der Waals surface area contributed by atoms with E-state index in [9.17, 15) is 4.79 Å². The van der Waals surface area contributed by atoms with Gasteiger partial charge in [0.25, 0.3) is 5.91 Å². The van der Waals surface area contributed by atoms with Crippen LogP contribution in [0, 0.1) is 0 Å². The van der Waals surface area contributed by atoms with Crippen molar-refractivity contribution in [2.45, 2.75) is 0 Å². The van der Waals surface area contributed by atoms with Gasteiger partial charge in [-0.3, -0.25) is 10.1 Å². The molecule has 0 heterocycles. The fourth-order valence-corrected chi connectivity index (χ4v) is 2.91. The number of anilines is 1. The molecule has 0 aliphatic rings. The van der Waals surface area contributed by atoms with Gasteiger partial charge in [0.15, 0.2) is 5.11 Å². The Morgan fingerprint density at radius 3 is 2.18 bits per heavy atom. The van der Waals surface area contributed by atoms with E-state index in [1.165, 1.54) is 18.2 Å². The van der Waals surface area contributed by atoms with E-state index in [2.05, 4.69) is 10.6 Å². The highest BCUT2D eigenvalue weighted by molar-refractivity contribution is 7.80. The Balaban J connectivity index is 2.09. The van der Waals surface area contributed by atoms with Gasteiger partial charge < -0.3 is 5.32 Å². The summed E-state index contributed by atoms with van der Waals surface area (Å²) < 4.78 is 0. The average molecular weight is 394 g/mol. The van der Waals surface area contributed by atoms with Crippen molar-refractivity contribution in [3.63, 3.8) is 0 Å². The van der Waals surface area contributed by atoms with Crippen LogP contribution in [0.2, 0.25) is 20.1 Å². The summed E-state index contributed by atoms with van der Waals surface area (Å²) in [5.74, 6) is -0.402. The first kappa shape index (κ1) is 17.3. The minimum absolute atomic E-state index is 0.0519. The van der Waals surface area contributed by atoms with E-state index in [1.54, 1.807) is 18.2 Å². The third-order valence-corrected chi connectivity index (χ3v) is 3.81. The Morgan fingerprint density at radius 2 is 1.59 bits per heavy atom. The normalized spacial score (nSPS) is 10.2. The molecule has 0 unspecified atom stereocenters. The summed E-state index contributed by atoms with van der Waals surface area (Å²) in [6.07, 6.45) is 0. The van der Waals surface area contributed by atoms with Crippen LogP contribution in [0.1, 0.15) is 10.4 Å². The molecule has 0 saturated heterocycles. The number of benzene rings is 2. The molecule has 2 aromatic carbocycles. The second-order valence-corrected chi connectivity index (χ2v) is 6.26. The van der Waals surface area contributed by atoms with Gasteiger partial charge in [0.1, 0.15) is 0 Å². The van der Waals surface area contributed by atoms with Gasteiger partial charge in [-0.1, -0.05) is 52.5 Å². The number of carbonyl (C=O) groups is 1. The quantitative estimate of drug-likeness (QED) is 0.668. The van der Waals surface area contributed by atoms with Gasteiger partial charge in [-0.05, 0) is 42.5 Å². The molecule has 0 spiro atoms. The van der Waals surface area contributed by atoms with Crippen LogP contribution in [-0.2, 0) is 0 Å². The molecule has 0 saturated carbocycles. The van der Waals surface area contributed by atoms with Crippen molar-refractivity contribution in [3.8, 4) is 0 Å². The number of hydrogen-bond acceptors (Lipinski definition) is 2. The zero-order valence-corrected chi connectivity index (χ0v) is 14.6. The standard InChI is InChI=1S/C14H8Cl4N2OS/c15-8-3-1-2-7(4-8)13(21)20-14(22)19-12-10(17)5-9(16)6-11(12)18/h1-6H,(H2,19,20,21,22). The molecule has 0 radical (unpaired) electrons. The third-order valence-electron chi connectivity index (χ3n) is 2.56. The summed E-state index contributed by atoms with van der Waals surface area (Å²) in [5.41, 5.74) is 0.745. The zero-order valence-electron chi connectivity index (χ0n) is 10.8. The second kappa shape index (κ2) is 7.49. The first-order valence-corrected chi connectivity index (χ1v) is 7.81. The topological polar surface area (TPSA) is 41.1 Å². The first-order valence-electron chi connectivity index (χ1n) is 5.89. The summed E-state index contributed by atoms with van der Waals surface area (Å²) >= 11 is 28.8. The van der Waals surface area contributed by atoms with Gasteiger partial charge in [0, 0.05) is 15.6 Å². The van der Waals surface area contributed by atoms with Crippen LogP contribution in [0.15, 0.2) is 36.4 Å². The number of nitrogens with one attached hydrogen (secondary N) is 2. The number of amides is 1. The molecular weight excluding hydrogens is 386 g/mol. The van der Waals surface area contributed by atoms with Crippen LogP contribution in [0.5, 0.6) is 0 Å². The maximum absolute atomic E-state index is 12.0. The van der Waals surface area contributed by atoms with Crippen molar-refractivity contribution in [2.75, 3.05) is 5.32 Å². The van der Waals surface area contributed by atoms with Crippen LogP contribution in [0.25, 0.3) is 0 Å². The molecule has 3 nitrogen and oxygen atoms in total. The monoisotopic (exact) mass is 392 g/mol. The lowest BCUT2D eigenvalue weighted by Gasteiger charge is -2.12. The maximum Gasteiger partial charge on any atom is 0.257 e. The van der Waals surface area contributed by atoms with E-state index in [-0.39, 0.29) is 15.2 Å². The summed E-state index contributed by atoms with van der Waals surface area (Å²) in [6.45, 7) is 0. The predicted molar refractivity (Wildman–Crippen MR) is 96.6 cm³/mol. The smallest absolute Gasteiger partial charge is 0.257 e. The Labute approximate surface area is 152 Å². The fourth-order valence-electron chi connectivity index (χ4n) is 1.61. The highest BCUT2D eigenvalue weighted by Gasteiger charge is 2.12. The average Bonchev–Trinajstić information content (AvgIpc) is 2.42. The van der Waals surface area contributed by atoms with E-state index in [1.807, 2.05) is 0 Å². The molecule has 22 heavy (non-hydrogen) atoms. The number of halogens is 4. The Hall–Kier alpha value is -1.04. The molecule has 0 fully saturated rings. The molecule has 8 heteroatoms. The lowest BCUT2D eigenvalue weighted by Crippen LogP contribution is -2.34. The highest BCUT2D eigenvalue weighted by atomic mass is 35.5. The zero-order chi connectivity index (χ0) is 16.3. The summed E-state index contributed by atoms with van der Waals surface area (Å²) in [4.78, 5) is 12.0. The van der Waals surface area contributed by atoms with Crippen molar-refractivity contribution in [1.29, 1.82) is 0 Å². The lowest BCUT2D eigenvalue weighted by atomic mass is 10.2. The van der Waals surface area contributed by atoms with E-state index in [0.717, 1.165) is 0 Å². The van der Waals surface area contributed by atoms with Gasteiger partial charge in [-0.15, -0.1) is 0 Å². The minimum Gasteiger partial charge on any atom is -0.330 e. The Kier molecular flexibility index (Phi) is 5.89. The fraction of sp³-hybridized carbons (Fsp3) is 0. The number of rotatable bonds is 2. The lowest BCUT2D eigenvalue weighted by molar-refractivity contribution is 0.0977. The molecule has 0 bridgehead atoms. The molecule has 2 rings (SSSR count). The van der Waals surface area contributed by atoms with Crippen molar-refractivity contribution in [2.24, 2.45) is 0 Å². The number of hydrogen-bond donors (Lipinski definition) is 2. The van der Waals surface area contributed by atoms with Gasteiger partial charge >= 0.3 is 0 Å². The second-order valence-electron chi connectivity index (χ2n) is 4.16. The minimum atomic E-state index is -0.402. The van der Waals surface area contributed by atoms with E-state index in [4.69, 9.17) is 58.6 Å². The van der Waals surface area contributed by atoms with Crippen molar-refractivity contribution >= 4 is 75.3 Å². The molecule has 114 valence electrons. The summed E-state index contributed by atoms with van der Waals surface area (Å²) in [5, 5.41) is 6.76. The van der Waals surface area contributed by atoms with Crippen LogP contribution in [0.3, 0.4) is 0 Å². The molecule has 2 aromatic rings. The maximum atomic E-state index is 12.0. The van der Waals surface area contributed by atoms with Crippen molar-refractivity contribution in [1.82, 2.24) is 5.32 Å². The highest BCUT2D eigenvalue weighted by Crippen LogP contribution is 2.33. The van der Waals surface area contributed by atoms with Crippen LogP contribution >= 0.6 is 58.6 Å². The van der Waals surface area contributed by atoms with Crippen LogP contribution in [0.4, 0.5) is 5.69 Å². The molecular formula is C14H8Cl4N2OS. The first-order chi connectivity index (χ1) is 10.4. The Bertz CT molecular complexity index is 728. The molecule has 0 atom stereocenters. The van der Waals surface area contributed by atoms with Crippen LogP contribution < -0.4 is 10.6 Å².